The molecule has 2 rings (SSSR count). The number of hydrogen-bond acceptors (Lipinski definition) is 4. The van der Waals surface area contributed by atoms with Gasteiger partial charge in [-0.1, -0.05) is 55.1 Å². The Morgan fingerprint density at radius 2 is 2.05 bits per heavy atom. The summed E-state index contributed by atoms with van der Waals surface area (Å²) in [6, 6.07) is -0.770. The first kappa shape index (κ1) is 17.5. The van der Waals surface area contributed by atoms with Gasteiger partial charge in [0.1, 0.15) is 11.4 Å². The summed E-state index contributed by atoms with van der Waals surface area (Å²) in [5.74, 6) is -1.16. The van der Waals surface area contributed by atoms with Gasteiger partial charge < -0.3 is 9.64 Å². The third-order valence-electron chi connectivity index (χ3n) is 3.06. The fourth-order valence-corrected chi connectivity index (χ4v) is 5.30. The molecule has 2 aliphatic heterocycles. The highest BCUT2D eigenvalue weighted by Crippen LogP contribution is 2.60. The van der Waals surface area contributed by atoms with E-state index in [1.54, 1.807) is 0 Å². The van der Waals surface area contributed by atoms with Crippen LogP contribution in [-0.4, -0.2) is 46.6 Å². The van der Waals surface area contributed by atoms with Crippen molar-refractivity contribution in [1.82, 2.24) is 4.90 Å². The lowest BCUT2D eigenvalue weighted by molar-refractivity contribution is -0.163. The van der Waals surface area contributed by atoms with E-state index in [4.69, 9.17) is 39.5 Å². The predicted molar refractivity (Wildman–Crippen MR) is 87.9 cm³/mol. The molecule has 0 spiro atoms. The number of carbonyl (C=O) groups excluding carboxylic acids is 2. The van der Waals surface area contributed by atoms with Crippen molar-refractivity contribution in [2.45, 2.75) is 37.8 Å². The molecule has 0 unspecified atom stereocenters. The summed E-state index contributed by atoms with van der Waals surface area (Å²) in [7, 11) is 0. The molecule has 0 N–H and O–H groups in total. The quantitative estimate of drug-likeness (QED) is 0.346. The summed E-state index contributed by atoms with van der Waals surface area (Å²) in [6.45, 7) is 3.71. The summed E-state index contributed by atoms with van der Waals surface area (Å²) in [5, 5.41) is -0.210. The summed E-state index contributed by atoms with van der Waals surface area (Å²) in [6.07, 6.45) is 0. The van der Waals surface area contributed by atoms with Crippen LogP contribution >= 0.6 is 78.4 Å². The minimum absolute atomic E-state index is 0.210. The highest BCUT2D eigenvalue weighted by Gasteiger charge is 2.70. The third kappa shape index (κ3) is 2.71. The van der Waals surface area contributed by atoms with Gasteiger partial charge >= 0.3 is 5.97 Å². The van der Waals surface area contributed by atoms with E-state index in [-0.39, 0.29) is 17.2 Å². The van der Waals surface area contributed by atoms with Crippen molar-refractivity contribution in [2.24, 2.45) is 0 Å². The van der Waals surface area contributed by atoms with Crippen LogP contribution in [0.1, 0.15) is 13.8 Å². The highest BCUT2D eigenvalue weighted by molar-refractivity contribution is 9.26. The Morgan fingerprint density at radius 3 is 2.55 bits per heavy atom. The molecule has 0 aliphatic carbocycles. The smallest absolute Gasteiger partial charge is 0.333 e. The van der Waals surface area contributed by atoms with Gasteiger partial charge in [-0.2, -0.15) is 0 Å². The molecule has 2 atom stereocenters. The Morgan fingerprint density at radius 1 is 1.50 bits per heavy atom. The molecular formula is C10H10Br2Cl3NO3S. The summed E-state index contributed by atoms with van der Waals surface area (Å²) >= 11 is 25.1. The van der Waals surface area contributed by atoms with E-state index in [0.29, 0.717) is 0 Å². The average Bonchev–Trinajstić information content (AvgIpc) is 2.58. The molecule has 0 aromatic rings. The van der Waals surface area contributed by atoms with Crippen LogP contribution in [0.2, 0.25) is 0 Å². The maximum atomic E-state index is 12.3. The Balaban J connectivity index is 2.23. The molecule has 2 heterocycles. The van der Waals surface area contributed by atoms with Crippen molar-refractivity contribution in [1.29, 1.82) is 0 Å². The van der Waals surface area contributed by atoms with Crippen LogP contribution in [0.15, 0.2) is 0 Å². The van der Waals surface area contributed by atoms with Crippen LogP contribution in [0.5, 0.6) is 0 Å². The van der Waals surface area contributed by atoms with Crippen LogP contribution in [0.4, 0.5) is 0 Å². The van der Waals surface area contributed by atoms with Crippen molar-refractivity contribution >= 4 is 90.3 Å². The predicted octanol–water partition coefficient (Wildman–Crippen LogP) is 3.45. The van der Waals surface area contributed by atoms with Crippen LogP contribution in [0.25, 0.3) is 0 Å². The number of esters is 1. The number of carbonyl (C=O) groups is 2. The molecule has 1 amide bonds. The summed E-state index contributed by atoms with van der Waals surface area (Å²) < 4.78 is 1.82. The van der Waals surface area contributed by atoms with E-state index in [1.807, 2.05) is 13.8 Å². The second-order valence-electron chi connectivity index (χ2n) is 5.00. The first-order valence-corrected chi connectivity index (χ1v) is 9.25. The Hall–Kier alpha value is 1.12. The van der Waals surface area contributed by atoms with E-state index in [2.05, 4.69) is 31.9 Å². The van der Waals surface area contributed by atoms with Gasteiger partial charge in [0, 0.05) is 4.75 Å². The number of amides is 1. The molecule has 114 valence electrons. The molecule has 2 saturated heterocycles. The maximum Gasteiger partial charge on any atom is 0.333 e. The Labute approximate surface area is 152 Å². The van der Waals surface area contributed by atoms with Crippen LogP contribution in [0, 0.1) is 0 Å². The number of hydrogen-bond donors (Lipinski definition) is 0. The van der Waals surface area contributed by atoms with Crippen molar-refractivity contribution in [2.75, 3.05) is 5.88 Å². The zero-order valence-corrected chi connectivity index (χ0v) is 16.6. The van der Waals surface area contributed by atoms with Crippen LogP contribution in [0.3, 0.4) is 0 Å². The second kappa shape index (κ2) is 5.34. The van der Waals surface area contributed by atoms with E-state index >= 15 is 0 Å². The second-order valence-corrected chi connectivity index (χ2v) is 12.0. The number of alkyl halides is 5. The fraction of sp³-hybridized carbons (Fsp3) is 0.800. The molecule has 2 aliphatic rings. The molecule has 20 heavy (non-hydrogen) atoms. The normalized spacial score (nSPS) is 30.8. The van der Waals surface area contributed by atoms with E-state index in [9.17, 15) is 9.59 Å². The molecule has 0 radical (unpaired) electrons. The van der Waals surface area contributed by atoms with Gasteiger partial charge in [0.15, 0.2) is 3.23 Å². The van der Waals surface area contributed by atoms with E-state index in [0.717, 1.165) is 0 Å². The molecule has 0 bridgehead atoms. The van der Waals surface area contributed by atoms with Gasteiger partial charge in [-0.05, 0) is 13.8 Å². The van der Waals surface area contributed by atoms with Gasteiger partial charge in [-0.15, -0.1) is 23.4 Å². The van der Waals surface area contributed by atoms with Crippen molar-refractivity contribution in [3.8, 4) is 0 Å². The molecule has 0 aromatic carbocycles. The topological polar surface area (TPSA) is 46.6 Å². The maximum absolute atomic E-state index is 12.3. The first-order chi connectivity index (χ1) is 8.94. The largest absolute Gasteiger partial charge is 0.426 e. The van der Waals surface area contributed by atoms with Gasteiger partial charge in [0.25, 0.3) is 10.4 Å². The molecule has 4 nitrogen and oxygen atoms in total. The monoisotopic (exact) mass is 487 g/mol. The van der Waals surface area contributed by atoms with Gasteiger partial charge in [-0.3, -0.25) is 4.79 Å². The highest BCUT2D eigenvalue weighted by atomic mass is 79.9. The summed E-state index contributed by atoms with van der Waals surface area (Å²) in [5.41, 5.74) is 0. The zero-order valence-electron chi connectivity index (χ0n) is 10.3. The number of rotatable bonds is 3. The third-order valence-corrected chi connectivity index (χ3v) is 7.92. The number of thioether (sulfide) groups is 1. The van der Waals surface area contributed by atoms with Gasteiger partial charge in [-0.25, -0.2) is 4.79 Å². The number of ether oxygens (including phenoxy) is 1. The van der Waals surface area contributed by atoms with Crippen LogP contribution in [-0.2, 0) is 14.3 Å². The lowest BCUT2D eigenvalue weighted by Gasteiger charge is -2.46. The fourth-order valence-electron chi connectivity index (χ4n) is 2.19. The molecular weight excluding hydrogens is 480 g/mol. The number of β-lactam (4-membered cyclic amide) rings is 1. The lowest BCUT2D eigenvalue weighted by atomic mass is 9.98. The van der Waals surface area contributed by atoms with E-state index in [1.165, 1.54) is 16.7 Å². The minimum Gasteiger partial charge on any atom is -0.426 e. The Kier molecular flexibility index (Phi) is 4.66. The van der Waals surface area contributed by atoms with Crippen molar-refractivity contribution in [3.63, 3.8) is 0 Å². The van der Waals surface area contributed by atoms with Gasteiger partial charge in [0.05, 0.1) is 5.88 Å². The molecule has 0 aromatic heterocycles. The summed E-state index contributed by atoms with van der Waals surface area (Å²) in [4.78, 5) is 25.9. The van der Waals surface area contributed by atoms with Crippen LogP contribution < -0.4 is 0 Å². The number of nitrogens with zero attached hydrogens (tertiary/aromatic N) is 1. The number of fused-ring (bicyclic) bond motifs is 1. The first-order valence-electron chi connectivity index (χ1n) is 5.49. The average molecular weight is 490 g/mol. The van der Waals surface area contributed by atoms with Gasteiger partial charge in [0.2, 0.25) is 0 Å². The lowest BCUT2D eigenvalue weighted by Crippen LogP contribution is -2.68. The van der Waals surface area contributed by atoms with Crippen molar-refractivity contribution < 1.29 is 14.3 Å². The molecule has 2 fully saturated rings. The Bertz CT molecular complexity index is 475. The van der Waals surface area contributed by atoms with E-state index < -0.39 is 24.5 Å². The molecule has 0 saturated carbocycles. The zero-order chi connectivity index (χ0) is 15.5. The molecule has 10 heteroatoms. The standard InChI is InChI=1S/C10H10Br2Cl3NO3S/c1-8(2)4(5(17)19-9(14,15)3-13)16-6(18)10(11,12)7(16)20-8/h4,7H,3H2,1-2H3/t4-,7+/m0/s1. The SMILES string of the molecule is CC1(C)S[C@H]2N(C(=O)C2(Br)Br)[C@H]1C(=O)OC(Cl)(Cl)CCl. The number of halogens is 5. The minimum atomic E-state index is -1.80. The van der Waals surface area contributed by atoms with Crippen molar-refractivity contribution in [3.05, 3.63) is 0 Å².